The molecule has 0 spiro atoms. The van der Waals surface area contributed by atoms with Crippen LogP contribution >= 0.6 is 11.6 Å². The molecule has 232 valence electrons. The number of alkyl halides is 3. The van der Waals surface area contributed by atoms with Crippen molar-refractivity contribution < 1.29 is 31.2 Å². The third kappa shape index (κ3) is 8.96. The lowest BCUT2D eigenvalue weighted by atomic mass is 10.1. The highest BCUT2D eigenvalue weighted by molar-refractivity contribution is 7.92. The lowest BCUT2D eigenvalue weighted by Crippen LogP contribution is -2.52. The first-order chi connectivity index (χ1) is 20.3. The number of carbonyl (C=O) groups excluding carboxylic acids is 2. The molecule has 3 aromatic carbocycles. The molecule has 2 amide bonds. The van der Waals surface area contributed by atoms with E-state index < -0.39 is 56.9 Å². The number of hydrogen-bond donors (Lipinski definition) is 1. The van der Waals surface area contributed by atoms with Crippen LogP contribution < -0.4 is 9.62 Å². The fraction of sp³-hybridized carbons (Fsp3) is 0.355. The first-order valence-electron chi connectivity index (χ1n) is 13.8. The highest BCUT2D eigenvalue weighted by Gasteiger charge is 2.36. The summed E-state index contributed by atoms with van der Waals surface area (Å²) in [7, 11) is -4.53. The van der Waals surface area contributed by atoms with Gasteiger partial charge in [0.25, 0.3) is 10.0 Å². The maximum Gasteiger partial charge on any atom is 0.417 e. The van der Waals surface area contributed by atoms with Crippen molar-refractivity contribution in [3.63, 3.8) is 0 Å². The van der Waals surface area contributed by atoms with Gasteiger partial charge in [-0.2, -0.15) is 13.2 Å². The van der Waals surface area contributed by atoms with Gasteiger partial charge < -0.3 is 10.2 Å². The number of halogens is 4. The Morgan fingerprint density at radius 3 is 2.26 bits per heavy atom. The van der Waals surface area contributed by atoms with Crippen molar-refractivity contribution in [2.75, 3.05) is 23.9 Å². The zero-order valence-electron chi connectivity index (χ0n) is 24.2. The SMILES string of the molecule is CCCCNC(=O)[C@H](C)N(CCc1ccccc1)C(=O)CN(c1ccc(Cl)c(C(F)(F)F)c1)S(=O)(=O)c1ccc(C)cc1. The third-order valence-corrected chi connectivity index (χ3v) is 9.03. The number of unbranched alkanes of at least 4 members (excludes halogenated alkanes) is 1. The summed E-state index contributed by atoms with van der Waals surface area (Å²) in [4.78, 5) is 27.9. The van der Waals surface area contributed by atoms with E-state index in [2.05, 4.69) is 5.32 Å². The molecule has 0 unspecified atom stereocenters. The van der Waals surface area contributed by atoms with Crippen molar-refractivity contribution in [1.29, 1.82) is 0 Å². The number of nitrogens with zero attached hydrogens (tertiary/aromatic N) is 2. The molecule has 43 heavy (non-hydrogen) atoms. The number of anilines is 1. The molecule has 3 aromatic rings. The topological polar surface area (TPSA) is 86.8 Å². The Hall–Kier alpha value is -3.57. The van der Waals surface area contributed by atoms with Gasteiger partial charge in [-0.3, -0.25) is 13.9 Å². The quantitative estimate of drug-likeness (QED) is 0.225. The summed E-state index contributed by atoms with van der Waals surface area (Å²) in [6.07, 6.45) is -2.93. The van der Waals surface area contributed by atoms with E-state index in [0.717, 1.165) is 36.1 Å². The van der Waals surface area contributed by atoms with Crippen LogP contribution in [0.5, 0.6) is 0 Å². The van der Waals surface area contributed by atoms with Gasteiger partial charge in [0, 0.05) is 13.1 Å². The second-order valence-electron chi connectivity index (χ2n) is 10.1. The molecule has 1 N–H and O–H groups in total. The van der Waals surface area contributed by atoms with Gasteiger partial charge in [-0.25, -0.2) is 8.42 Å². The van der Waals surface area contributed by atoms with Crippen molar-refractivity contribution in [2.24, 2.45) is 0 Å². The molecule has 0 saturated carbocycles. The normalized spacial score (nSPS) is 12.4. The smallest absolute Gasteiger partial charge is 0.354 e. The molecular formula is C31H35ClF3N3O4S. The fourth-order valence-corrected chi connectivity index (χ4v) is 5.99. The van der Waals surface area contributed by atoms with Gasteiger partial charge in [-0.15, -0.1) is 0 Å². The zero-order chi connectivity index (χ0) is 31.8. The minimum atomic E-state index is -4.87. The van der Waals surface area contributed by atoms with Gasteiger partial charge in [0.05, 0.1) is 21.2 Å². The maximum absolute atomic E-state index is 13.9. The summed E-state index contributed by atoms with van der Waals surface area (Å²) in [5.41, 5.74) is 0.0134. The molecule has 0 saturated heterocycles. The zero-order valence-corrected chi connectivity index (χ0v) is 25.8. The van der Waals surface area contributed by atoms with E-state index in [-0.39, 0.29) is 11.4 Å². The summed E-state index contributed by atoms with van der Waals surface area (Å²) in [5, 5.41) is 2.18. The average molecular weight is 638 g/mol. The van der Waals surface area contributed by atoms with Crippen LogP contribution in [-0.2, 0) is 32.2 Å². The number of aryl methyl sites for hydroxylation is 1. The van der Waals surface area contributed by atoms with Gasteiger partial charge >= 0.3 is 6.18 Å². The number of carbonyl (C=O) groups is 2. The van der Waals surface area contributed by atoms with E-state index in [1.165, 1.54) is 24.0 Å². The van der Waals surface area contributed by atoms with Crippen LogP contribution in [0, 0.1) is 6.92 Å². The summed E-state index contributed by atoms with van der Waals surface area (Å²) < 4.78 is 69.6. The van der Waals surface area contributed by atoms with Crippen LogP contribution in [0.25, 0.3) is 0 Å². The van der Waals surface area contributed by atoms with E-state index in [9.17, 15) is 31.2 Å². The molecule has 0 aliphatic carbocycles. The van der Waals surface area contributed by atoms with Gasteiger partial charge in [0.2, 0.25) is 11.8 Å². The Labute approximate surface area is 255 Å². The Morgan fingerprint density at radius 1 is 1.00 bits per heavy atom. The standard InChI is InChI=1S/C31H35ClF3N3O4S/c1-4-5-18-36-30(40)23(3)37(19-17-24-9-7-6-8-10-24)29(39)21-38(43(41,42)26-14-11-22(2)12-15-26)25-13-16-28(32)27(20-25)31(33,34)35/h6-16,20,23H,4-5,17-19,21H2,1-3H3,(H,36,40)/t23-/m0/s1. The van der Waals surface area contributed by atoms with Gasteiger partial charge in [-0.1, -0.05) is 73.0 Å². The van der Waals surface area contributed by atoms with Crippen LogP contribution in [0.15, 0.2) is 77.7 Å². The van der Waals surface area contributed by atoms with Gasteiger partial charge in [0.15, 0.2) is 0 Å². The second kappa shape index (κ2) is 14.7. The number of benzene rings is 3. The molecular weight excluding hydrogens is 603 g/mol. The Balaban J connectivity index is 2.05. The number of amides is 2. The lowest BCUT2D eigenvalue weighted by Gasteiger charge is -2.32. The predicted octanol–water partition coefficient (Wildman–Crippen LogP) is 6.24. The fourth-order valence-electron chi connectivity index (χ4n) is 4.36. The van der Waals surface area contributed by atoms with Gasteiger partial charge in [-0.05, 0) is 62.6 Å². The summed E-state index contributed by atoms with van der Waals surface area (Å²) in [6, 6.07) is 16.6. The number of sulfonamides is 1. The first-order valence-corrected chi connectivity index (χ1v) is 15.6. The minimum Gasteiger partial charge on any atom is -0.354 e. The molecule has 0 radical (unpaired) electrons. The van der Waals surface area contributed by atoms with E-state index in [1.807, 2.05) is 37.3 Å². The predicted molar refractivity (Wildman–Crippen MR) is 161 cm³/mol. The van der Waals surface area contributed by atoms with Crippen LogP contribution in [-0.4, -0.2) is 50.8 Å². The highest BCUT2D eigenvalue weighted by Crippen LogP contribution is 2.38. The summed E-state index contributed by atoms with van der Waals surface area (Å²) in [6.45, 7) is 4.88. The number of rotatable bonds is 13. The van der Waals surface area contributed by atoms with Crippen molar-refractivity contribution in [1.82, 2.24) is 10.2 Å². The molecule has 0 aliphatic heterocycles. The lowest BCUT2D eigenvalue weighted by molar-refractivity contribution is -0.138. The van der Waals surface area contributed by atoms with Gasteiger partial charge in [0.1, 0.15) is 12.6 Å². The van der Waals surface area contributed by atoms with Crippen LogP contribution in [0.2, 0.25) is 5.02 Å². The summed E-state index contributed by atoms with van der Waals surface area (Å²) >= 11 is 5.81. The van der Waals surface area contributed by atoms with Crippen LogP contribution in [0.3, 0.4) is 0 Å². The van der Waals surface area contributed by atoms with E-state index >= 15 is 0 Å². The molecule has 7 nitrogen and oxygen atoms in total. The molecule has 0 aromatic heterocycles. The molecule has 12 heteroatoms. The molecule has 0 fully saturated rings. The third-order valence-electron chi connectivity index (χ3n) is 6.91. The van der Waals surface area contributed by atoms with Crippen molar-refractivity contribution >= 4 is 39.1 Å². The summed E-state index contributed by atoms with van der Waals surface area (Å²) in [5.74, 6) is -1.18. The Bertz CT molecular complexity index is 1500. The van der Waals surface area contributed by atoms with Crippen LogP contribution in [0.1, 0.15) is 43.4 Å². The van der Waals surface area contributed by atoms with Crippen molar-refractivity contribution in [2.45, 2.75) is 57.1 Å². The first kappa shape index (κ1) is 33.9. The molecule has 3 rings (SSSR count). The maximum atomic E-state index is 13.9. The monoisotopic (exact) mass is 637 g/mol. The van der Waals surface area contributed by atoms with Crippen LogP contribution in [0.4, 0.5) is 18.9 Å². The molecule has 0 aliphatic rings. The van der Waals surface area contributed by atoms with Crippen molar-refractivity contribution in [3.8, 4) is 0 Å². The second-order valence-corrected chi connectivity index (χ2v) is 12.4. The number of nitrogens with one attached hydrogen (secondary N) is 1. The average Bonchev–Trinajstić information content (AvgIpc) is 2.96. The van der Waals surface area contributed by atoms with E-state index in [0.29, 0.717) is 23.3 Å². The molecule has 0 bridgehead atoms. The highest BCUT2D eigenvalue weighted by atomic mass is 35.5. The van der Waals surface area contributed by atoms with Crippen molar-refractivity contribution in [3.05, 3.63) is 94.5 Å². The largest absolute Gasteiger partial charge is 0.417 e. The molecule has 0 heterocycles. The minimum absolute atomic E-state index is 0.0675. The Kier molecular flexibility index (Phi) is 11.6. The number of hydrogen-bond acceptors (Lipinski definition) is 4. The van der Waals surface area contributed by atoms with E-state index in [1.54, 1.807) is 19.1 Å². The Morgan fingerprint density at radius 2 is 1.65 bits per heavy atom. The van der Waals surface area contributed by atoms with E-state index in [4.69, 9.17) is 11.6 Å². The molecule has 1 atom stereocenters.